The number of halogens is 2. The molecule has 1 radical (unpaired) electrons. The fourth-order valence-electron chi connectivity index (χ4n) is 1.60. The zero-order valence-electron chi connectivity index (χ0n) is 12.0. The molecule has 0 saturated heterocycles. The molecule has 0 aliphatic carbocycles. The third kappa shape index (κ3) is 5.61. The molecule has 0 fully saturated rings. The molecule has 125 valence electrons. The Morgan fingerprint density at radius 3 is 2.42 bits per heavy atom. The number of carboxylic acids is 1. The van der Waals surface area contributed by atoms with Gasteiger partial charge in [-0.05, 0) is 23.5 Å². The molecule has 0 atom stereocenters. The van der Waals surface area contributed by atoms with Crippen LogP contribution in [0.15, 0.2) is 54.9 Å². The van der Waals surface area contributed by atoms with Gasteiger partial charge in [0, 0.05) is 37.9 Å². The van der Waals surface area contributed by atoms with Gasteiger partial charge in [-0.2, -0.15) is 0 Å². The standard InChI is InChI=1S/C11H6F2N.C6H4NO2.Ir/c12-8-4-5-9(10(13)7-8)11-3-1-2-6-14-11;8-6(9)5-2-1-3-7-4-5;/h1-4,6-7H;1-3H,(H,8,9);/q2*-1;. The average molecular weight is 504 g/mol. The molecule has 3 rings (SSSR count). The molecule has 0 aliphatic rings. The second-order valence-electron chi connectivity index (χ2n) is 4.22. The number of nitrogens with zero attached hydrogens (tertiary/aromatic N) is 2. The SMILES string of the molecule is Fc1c[c-]c(-c2ccccn2)c(F)c1.O=C(O)c1[c-]nccc1.[Ir]. The van der Waals surface area contributed by atoms with Gasteiger partial charge in [-0.15, -0.1) is 24.3 Å². The van der Waals surface area contributed by atoms with Crippen LogP contribution in [-0.2, 0) is 20.1 Å². The van der Waals surface area contributed by atoms with Crippen molar-refractivity contribution in [2.24, 2.45) is 0 Å². The number of aromatic carboxylic acids is 1. The van der Waals surface area contributed by atoms with E-state index >= 15 is 0 Å². The molecule has 1 aromatic carbocycles. The van der Waals surface area contributed by atoms with Crippen LogP contribution in [0, 0.1) is 23.9 Å². The van der Waals surface area contributed by atoms with Gasteiger partial charge in [0.2, 0.25) is 5.97 Å². The van der Waals surface area contributed by atoms with Gasteiger partial charge >= 0.3 is 0 Å². The van der Waals surface area contributed by atoms with Crippen LogP contribution in [0.5, 0.6) is 0 Å². The van der Waals surface area contributed by atoms with Gasteiger partial charge in [-0.3, -0.25) is 8.78 Å². The molecule has 24 heavy (non-hydrogen) atoms. The summed E-state index contributed by atoms with van der Waals surface area (Å²) in [6.07, 6.45) is 5.34. The van der Waals surface area contributed by atoms with E-state index in [2.05, 4.69) is 22.2 Å². The van der Waals surface area contributed by atoms with Crippen molar-refractivity contribution >= 4 is 5.97 Å². The topological polar surface area (TPSA) is 63.1 Å². The number of carbonyl (C=O) groups is 1. The first kappa shape index (κ1) is 19.5. The van der Waals surface area contributed by atoms with E-state index in [0.717, 1.165) is 12.1 Å². The Hall–Kier alpha value is -2.50. The first-order chi connectivity index (χ1) is 11.1. The molecule has 2 heterocycles. The molecular formula is C17H10F2IrN2O2-2. The number of hydrogen-bond acceptors (Lipinski definition) is 3. The van der Waals surface area contributed by atoms with Crippen LogP contribution in [0.1, 0.15) is 10.4 Å². The van der Waals surface area contributed by atoms with Crippen LogP contribution < -0.4 is 0 Å². The summed E-state index contributed by atoms with van der Waals surface area (Å²) in [4.78, 5) is 17.6. The molecule has 0 unspecified atom stereocenters. The Kier molecular flexibility index (Phi) is 7.82. The third-order valence-electron chi connectivity index (χ3n) is 2.62. The molecular weight excluding hydrogens is 494 g/mol. The number of hydrogen-bond donors (Lipinski definition) is 1. The van der Waals surface area contributed by atoms with Crippen molar-refractivity contribution in [2.75, 3.05) is 0 Å². The van der Waals surface area contributed by atoms with E-state index in [0.29, 0.717) is 5.69 Å². The summed E-state index contributed by atoms with van der Waals surface area (Å²) in [5.41, 5.74) is 0.731. The number of pyridine rings is 2. The van der Waals surface area contributed by atoms with Gasteiger partial charge in [-0.25, -0.2) is 0 Å². The van der Waals surface area contributed by atoms with E-state index in [1.165, 1.54) is 12.3 Å². The minimum absolute atomic E-state index is 0. The molecule has 3 aromatic rings. The molecule has 0 amide bonds. The second-order valence-corrected chi connectivity index (χ2v) is 4.22. The van der Waals surface area contributed by atoms with E-state index in [1.54, 1.807) is 30.5 Å². The Bertz CT molecular complexity index is 787. The van der Waals surface area contributed by atoms with Crippen LogP contribution in [0.2, 0.25) is 0 Å². The number of aromatic nitrogens is 2. The predicted molar refractivity (Wildman–Crippen MR) is 78.5 cm³/mol. The second kappa shape index (κ2) is 9.60. The summed E-state index contributed by atoms with van der Waals surface area (Å²) in [7, 11) is 0. The van der Waals surface area contributed by atoms with E-state index in [9.17, 15) is 13.6 Å². The van der Waals surface area contributed by atoms with E-state index in [4.69, 9.17) is 5.11 Å². The van der Waals surface area contributed by atoms with Crippen LogP contribution in [0.4, 0.5) is 8.78 Å². The van der Waals surface area contributed by atoms with Gasteiger partial charge in [0.15, 0.2) is 0 Å². The normalized spacial score (nSPS) is 9.25. The van der Waals surface area contributed by atoms with Crippen molar-refractivity contribution in [3.8, 4) is 11.3 Å². The number of carboxylic acid groups (broad SMARTS) is 1. The molecule has 0 saturated carbocycles. The van der Waals surface area contributed by atoms with E-state index in [1.807, 2.05) is 0 Å². The van der Waals surface area contributed by atoms with Gasteiger partial charge in [0.05, 0.1) is 0 Å². The number of rotatable bonds is 2. The zero-order chi connectivity index (χ0) is 16.7. The Morgan fingerprint density at radius 2 is 1.92 bits per heavy atom. The maximum atomic E-state index is 13.2. The first-order valence-corrected chi connectivity index (χ1v) is 6.42. The van der Waals surface area contributed by atoms with Crippen LogP contribution in [0.25, 0.3) is 11.3 Å². The smallest absolute Gasteiger partial charge is 0.249 e. The van der Waals surface area contributed by atoms with Crippen LogP contribution in [0.3, 0.4) is 0 Å². The van der Waals surface area contributed by atoms with Gasteiger partial charge in [-0.1, -0.05) is 30.0 Å². The molecule has 7 heteroatoms. The molecule has 0 spiro atoms. The Morgan fingerprint density at radius 1 is 1.12 bits per heavy atom. The van der Waals surface area contributed by atoms with Crippen molar-refractivity contribution in [3.05, 3.63) is 84.3 Å². The number of benzene rings is 1. The van der Waals surface area contributed by atoms with Crippen molar-refractivity contribution < 1.29 is 38.8 Å². The zero-order valence-corrected chi connectivity index (χ0v) is 14.4. The fraction of sp³-hybridized carbons (Fsp3) is 0. The molecule has 2 aromatic heterocycles. The van der Waals surface area contributed by atoms with Gasteiger partial charge in [0.1, 0.15) is 0 Å². The predicted octanol–water partition coefficient (Wildman–Crippen LogP) is 3.40. The minimum atomic E-state index is -0.997. The van der Waals surface area contributed by atoms with E-state index in [-0.39, 0.29) is 31.2 Å². The van der Waals surface area contributed by atoms with Gasteiger partial charge < -0.3 is 19.9 Å². The van der Waals surface area contributed by atoms with Crippen LogP contribution in [-0.4, -0.2) is 21.0 Å². The average Bonchev–Trinajstić information content (AvgIpc) is 2.57. The summed E-state index contributed by atoms with van der Waals surface area (Å²) < 4.78 is 25.8. The van der Waals surface area contributed by atoms with Crippen molar-refractivity contribution in [3.63, 3.8) is 0 Å². The van der Waals surface area contributed by atoms with E-state index < -0.39 is 17.6 Å². The summed E-state index contributed by atoms with van der Waals surface area (Å²) in [6, 6.07) is 12.5. The summed E-state index contributed by atoms with van der Waals surface area (Å²) in [6.45, 7) is 0. The quantitative estimate of drug-likeness (QED) is 0.544. The summed E-state index contributed by atoms with van der Waals surface area (Å²) >= 11 is 0. The fourth-order valence-corrected chi connectivity index (χ4v) is 1.60. The van der Waals surface area contributed by atoms with Crippen molar-refractivity contribution in [2.45, 2.75) is 0 Å². The molecule has 1 N–H and O–H groups in total. The maximum Gasteiger partial charge on any atom is 0.249 e. The minimum Gasteiger partial charge on any atom is -0.521 e. The Labute approximate surface area is 150 Å². The van der Waals surface area contributed by atoms with Gasteiger partial charge in [0.25, 0.3) is 0 Å². The summed E-state index contributed by atoms with van der Waals surface area (Å²) in [5, 5.41) is 8.31. The molecule has 0 bridgehead atoms. The first-order valence-electron chi connectivity index (χ1n) is 6.42. The van der Waals surface area contributed by atoms with Crippen molar-refractivity contribution in [1.29, 1.82) is 0 Å². The summed E-state index contributed by atoms with van der Waals surface area (Å²) in [5.74, 6) is -2.28. The van der Waals surface area contributed by atoms with Crippen molar-refractivity contribution in [1.82, 2.24) is 9.97 Å². The maximum absolute atomic E-state index is 13.2. The monoisotopic (exact) mass is 505 g/mol. The molecule has 4 nitrogen and oxygen atoms in total. The van der Waals surface area contributed by atoms with Crippen LogP contribution >= 0.6 is 0 Å². The third-order valence-corrected chi connectivity index (χ3v) is 2.62. The largest absolute Gasteiger partial charge is 0.521 e. The Balaban J connectivity index is 0.000000252. The molecule has 0 aliphatic heterocycles.